The first-order valence-corrected chi connectivity index (χ1v) is 5.87. The summed E-state index contributed by atoms with van der Waals surface area (Å²) in [6.45, 7) is 5.75. The number of carbonyl (C=O) groups excluding carboxylic acids is 2. The van der Waals surface area contributed by atoms with Gasteiger partial charge in [0.25, 0.3) is 5.91 Å². The van der Waals surface area contributed by atoms with E-state index in [1.807, 2.05) is 20.8 Å². The van der Waals surface area contributed by atoms with Crippen LogP contribution in [0, 0.1) is 11.8 Å². The van der Waals surface area contributed by atoms with Crippen LogP contribution in [-0.4, -0.2) is 17.7 Å². The first-order chi connectivity index (χ1) is 7.02. The maximum atomic E-state index is 11.7. The third-order valence-corrected chi connectivity index (χ3v) is 3.33. The fourth-order valence-corrected chi connectivity index (χ4v) is 1.84. The van der Waals surface area contributed by atoms with Crippen LogP contribution in [0.4, 0.5) is 0 Å². The molecule has 3 heteroatoms. The maximum absolute atomic E-state index is 11.7. The molecule has 0 heterocycles. The minimum Gasteiger partial charge on any atom is -0.347 e. The predicted octanol–water partition coefficient (Wildman–Crippen LogP) is 1.91. The first-order valence-electron chi connectivity index (χ1n) is 5.87. The summed E-state index contributed by atoms with van der Waals surface area (Å²) in [5, 5.41) is 2.83. The molecule has 1 aliphatic carbocycles. The van der Waals surface area contributed by atoms with Gasteiger partial charge in [-0.3, -0.25) is 9.59 Å². The van der Waals surface area contributed by atoms with E-state index in [-0.39, 0.29) is 29.6 Å². The van der Waals surface area contributed by atoms with E-state index in [2.05, 4.69) is 5.32 Å². The molecule has 0 radical (unpaired) electrons. The highest BCUT2D eigenvalue weighted by Gasteiger charge is 2.26. The van der Waals surface area contributed by atoms with Crippen LogP contribution in [-0.2, 0) is 9.59 Å². The molecule has 0 aromatic carbocycles. The predicted molar refractivity (Wildman–Crippen MR) is 59.4 cm³/mol. The zero-order valence-electron chi connectivity index (χ0n) is 9.88. The number of hydrogen-bond acceptors (Lipinski definition) is 2. The van der Waals surface area contributed by atoms with E-state index in [1.54, 1.807) is 0 Å². The molecule has 86 valence electrons. The molecule has 0 aliphatic heterocycles. The molecular weight excluding hydrogens is 190 g/mol. The lowest BCUT2D eigenvalue weighted by Crippen LogP contribution is -2.40. The summed E-state index contributed by atoms with van der Waals surface area (Å²) in [7, 11) is 0. The SMILES string of the molecule is CC(C)[C@H](C)C(=O)C(=O)NC1CCCC1. The highest BCUT2D eigenvalue weighted by Crippen LogP contribution is 2.18. The van der Waals surface area contributed by atoms with Gasteiger partial charge in [0.2, 0.25) is 5.78 Å². The molecule has 1 amide bonds. The van der Waals surface area contributed by atoms with Crippen LogP contribution in [0.5, 0.6) is 0 Å². The lowest BCUT2D eigenvalue weighted by atomic mass is 9.93. The van der Waals surface area contributed by atoms with Gasteiger partial charge in [-0.25, -0.2) is 0 Å². The van der Waals surface area contributed by atoms with Crippen molar-refractivity contribution in [2.45, 2.75) is 52.5 Å². The second-order valence-corrected chi connectivity index (χ2v) is 4.85. The third-order valence-electron chi connectivity index (χ3n) is 3.33. The van der Waals surface area contributed by atoms with E-state index < -0.39 is 0 Å². The molecule has 0 saturated heterocycles. The van der Waals surface area contributed by atoms with E-state index in [9.17, 15) is 9.59 Å². The van der Waals surface area contributed by atoms with Crippen LogP contribution >= 0.6 is 0 Å². The summed E-state index contributed by atoms with van der Waals surface area (Å²) in [5.74, 6) is -0.599. The Morgan fingerprint density at radius 1 is 1.13 bits per heavy atom. The van der Waals surface area contributed by atoms with E-state index in [1.165, 1.54) is 12.8 Å². The van der Waals surface area contributed by atoms with Gasteiger partial charge in [-0.15, -0.1) is 0 Å². The Kier molecular flexibility index (Phi) is 4.30. The van der Waals surface area contributed by atoms with Gasteiger partial charge < -0.3 is 5.32 Å². The monoisotopic (exact) mass is 211 g/mol. The van der Waals surface area contributed by atoms with Crippen LogP contribution in [0.15, 0.2) is 0 Å². The van der Waals surface area contributed by atoms with Gasteiger partial charge >= 0.3 is 0 Å². The molecule has 0 bridgehead atoms. The average Bonchev–Trinajstić information content (AvgIpc) is 2.67. The molecule has 1 atom stereocenters. The Balaban J connectivity index is 2.42. The van der Waals surface area contributed by atoms with Crippen molar-refractivity contribution >= 4 is 11.7 Å². The van der Waals surface area contributed by atoms with E-state index in [4.69, 9.17) is 0 Å². The molecule has 1 N–H and O–H groups in total. The van der Waals surface area contributed by atoms with Gasteiger partial charge in [-0.2, -0.15) is 0 Å². The quantitative estimate of drug-likeness (QED) is 0.722. The Hall–Kier alpha value is -0.860. The summed E-state index contributed by atoms with van der Waals surface area (Å²) in [6.07, 6.45) is 4.38. The molecule has 1 rings (SSSR count). The Bertz CT molecular complexity index is 242. The zero-order valence-corrected chi connectivity index (χ0v) is 9.88. The Morgan fingerprint density at radius 3 is 2.13 bits per heavy atom. The van der Waals surface area contributed by atoms with Gasteiger partial charge in [-0.1, -0.05) is 33.6 Å². The molecule has 15 heavy (non-hydrogen) atoms. The number of Topliss-reactive ketones (excluding diaryl/α,β-unsaturated/α-hetero) is 1. The van der Waals surface area contributed by atoms with Crippen molar-refractivity contribution in [3.05, 3.63) is 0 Å². The molecule has 1 aliphatic rings. The van der Waals surface area contributed by atoms with Gasteiger partial charge in [0.05, 0.1) is 0 Å². The van der Waals surface area contributed by atoms with Crippen molar-refractivity contribution in [2.75, 3.05) is 0 Å². The number of carbonyl (C=O) groups is 2. The average molecular weight is 211 g/mol. The van der Waals surface area contributed by atoms with Gasteiger partial charge in [-0.05, 0) is 18.8 Å². The molecule has 0 spiro atoms. The van der Waals surface area contributed by atoms with Crippen LogP contribution in [0.3, 0.4) is 0 Å². The Morgan fingerprint density at radius 2 is 1.67 bits per heavy atom. The number of amides is 1. The van der Waals surface area contributed by atoms with Crippen molar-refractivity contribution in [3.63, 3.8) is 0 Å². The van der Waals surface area contributed by atoms with Crippen LogP contribution in [0.25, 0.3) is 0 Å². The second-order valence-electron chi connectivity index (χ2n) is 4.85. The fraction of sp³-hybridized carbons (Fsp3) is 0.833. The summed E-state index contributed by atoms with van der Waals surface area (Å²) in [4.78, 5) is 23.2. The minimum absolute atomic E-state index is 0.175. The lowest BCUT2D eigenvalue weighted by molar-refractivity contribution is -0.141. The largest absolute Gasteiger partial charge is 0.347 e. The number of ketones is 1. The minimum atomic E-state index is -0.386. The smallest absolute Gasteiger partial charge is 0.287 e. The lowest BCUT2D eigenvalue weighted by Gasteiger charge is -2.16. The van der Waals surface area contributed by atoms with Crippen molar-refractivity contribution in [3.8, 4) is 0 Å². The van der Waals surface area contributed by atoms with Gasteiger partial charge in [0.15, 0.2) is 0 Å². The maximum Gasteiger partial charge on any atom is 0.287 e. The fourth-order valence-electron chi connectivity index (χ4n) is 1.84. The molecule has 3 nitrogen and oxygen atoms in total. The summed E-state index contributed by atoms with van der Waals surface area (Å²) >= 11 is 0. The molecule has 1 fully saturated rings. The zero-order chi connectivity index (χ0) is 11.4. The number of rotatable bonds is 4. The summed E-state index contributed by atoms with van der Waals surface area (Å²) in [5.41, 5.74) is 0. The highest BCUT2D eigenvalue weighted by molar-refractivity contribution is 6.36. The molecule has 1 saturated carbocycles. The summed E-state index contributed by atoms with van der Waals surface area (Å²) < 4.78 is 0. The highest BCUT2D eigenvalue weighted by atomic mass is 16.2. The van der Waals surface area contributed by atoms with Crippen molar-refractivity contribution < 1.29 is 9.59 Å². The van der Waals surface area contributed by atoms with Crippen molar-refractivity contribution in [2.24, 2.45) is 11.8 Å². The molecular formula is C12H21NO2. The molecule has 0 aromatic heterocycles. The molecule has 0 aromatic rings. The Labute approximate surface area is 91.6 Å². The van der Waals surface area contributed by atoms with Gasteiger partial charge in [0, 0.05) is 12.0 Å². The number of nitrogens with one attached hydrogen (secondary N) is 1. The molecule has 0 unspecified atom stereocenters. The van der Waals surface area contributed by atoms with Gasteiger partial charge in [0.1, 0.15) is 0 Å². The normalized spacial score (nSPS) is 19.2. The standard InChI is InChI=1S/C12H21NO2/c1-8(2)9(3)11(14)12(15)13-10-6-4-5-7-10/h8-10H,4-7H2,1-3H3,(H,13,15)/t9-/m0/s1. The third kappa shape index (κ3) is 3.33. The van der Waals surface area contributed by atoms with Crippen molar-refractivity contribution in [1.82, 2.24) is 5.32 Å². The van der Waals surface area contributed by atoms with E-state index in [0.29, 0.717) is 0 Å². The van der Waals surface area contributed by atoms with Crippen molar-refractivity contribution in [1.29, 1.82) is 0 Å². The van der Waals surface area contributed by atoms with Crippen LogP contribution < -0.4 is 5.32 Å². The van der Waals surface area contributed by atoms with Crippen LogP contribution in [0.2, 0.25) is 0 Å². The first kappa shape index (κ1) is 12.2. The van der Waals surface area contributed by atoms with E-state index in [0.717, 1.165) is 12.8 Å². The summed E-state index contributed by atoms with van der Waals surface area (Å²) in [6, 6.07) is 0.237. The van der Waals surface area contributed by atoms with Crippen LogP contribution in [0.1, 0.15) is 46.5 Å². The number of hydrogen-bond donors (Lipinski definition) is 1. The second kappa shape index (κ2) is 5.29. The topological polar surface area (TPSA) is 46.2 Å². The van der Waals surface area contributed by atoms with E-state index >= 15 is 0 Å².